The topological polar surface area (TPSA) is 26.3 Å². The molecular formula is C14H17ClO2. The lowest BCUT2D eigenvalue weighted by atomic mass is 10.0. The molecule has 2 nitrogen and oxygen atoms in total. The van der Waals surface area contributed by atoms with Gasteiger partial charge in [-0.2, -0.15) is 0 Å². The predicted molar refractivity (Wildman–Crippen MR) is 68.9 cm³/mol. The number of hydrogen-bond donors (Lipinski definition) is 0. The molecular weight excluding hydrogens is 236 g/mol. The Labute approximate surface area is 107 Å². The van der Waals surface area contributed by atoms with E-state index in [9.17, 15) is 4.79 Å². The molecule has 1 aliphatic rings. The summed E-state index contributed by atoms with van der Waals surface area (Å²) in [7, 11) is 0. The number of carbonyl (C=O) groups is 1. The first-order valence-corrected chi connectivity index (χ1v) is 6.54. The first-order chi connectivity index (χ1) is 8.20. The second-order valence-corrected chi connectivity index (χ2v) is 4.88. The Morgan fingerprint density at radius 1 is 1.41 bits per heavy atom. The molecule has 0 saturated carbocycles. The number of hydrogen-bond acceptors (Lipinski definition) is 2. The van der Waals surface area contributed by atoms with Crippen molar-refractivity contribution in [3.8, 4) is 5.75 Å². The van der Waals surface area contributed by atoms with Gasteiger partial charge in [-0.15, -0.1) is 0 Å². The van der Waals surface area contributed by atoms with Crippen molar-refractivity contribution in [3.63, 3.8) is 0 Å². The van der Waals surface area contributed by atoms with E-state index in [0.29, 0.717) is 18.6 Å². The molecule has 0 saturated heterocycles. The van der Waals surface area contributed by atoms with E-state index in [4.69, 9.17) is 16.3 Å². The van der Waals surface area contributed by atoms with Gasteiger partial charge in [0.1, 0.15) is 11.5 Å². The fourth-order valence-corrected chi connectivity index (χ4v) is 2.47. The van der Waals surface area contributed by atoms with Crippen LogP contribution in [0.25, 0.3) is 0 Å². The van der Waals surface area contributed by atoms with Crippen molar-refractivity contribution < 1.29 is 9.53 Å². The van der Waals surface area contributed by atoms with Gasteiger partial charge in [-0.25, -0.2) is 0 Å². The molecule has 2 rings (SSSR count). The second-order valence-electron chi connectivity index (χ2n) is 4.44. The lowest BCUT2D eigenvalue weighted by molar-refractivity contribution is -0.119. The van der Waals surface area contributed by atoms with Gasteiger partial charge in [-0.3, -0.25) is 4.79 Å². The van der Waals surface area contributed by atoms with Crippen LogP contribution in [0.15, 0.2) is 12.1 Å². The quantitative estimate of drug-likeness (QED) is 0.801. The zero-order valence-electron chi connectivity index (χ0n) is 10.1. The van der Waals surface area contributed by atoms with Crippen LogP contribution < -0.4 is 4.74 Å². The van der Waals surface area contributed by atoms with Crippen LogP contribution in [0.5, 0.6) is 5.75 Å². The molecule has 1 aromatic rings. The Morgan fingerprint density at radius 2 is 2.24 bits per heavy atom. The number of ketones is 1. The van der Waals surface area contributed by atoms with Crippen molar-refractivity contribution in [2.75, 3.05) is 6.61 Å². The highest BCUT2D eigenvalue weighted by Crippen LogP contribution is 2.33. The summed E-state index contributed by atoms with van der Waals surface area (Å²) in [4.78, 5) is 11.5. The van der Waals surface area contributed by atoms with Crippen LogP contribution >= 0.6 is 11.6 Å². The van der Waals surface area contributed by atoms with Gasteiger partial charge in [0, 0.05) is 24.3 Å². The van der Waals surface area contributed by atoms with Crippen molar-refractivity contribution in [1.82, 2.24) is 0 Å². The van der Waals surface area contributed by atoms with Crippen LogP contribution in [0.2, 0.25) is 5.02 Å². The average molecular weight is 253 g/mol. The van der Waals surface area contributed by atoms with Crippen molar-refractivity contribution in [2.45, 2.75) is 39.0 Å². The Morgan fingerprint density at radius 3 is 3.00 bits per heavy atom. The summed E-state index contributed by atoms with van der Waals surface area (Å²) in [6.45, 7) is 2.75. The Kier molecular flexibility index (Phi) is 4.06. The number of fused-ring (bicyclic) bond motifs is 1. The van der Waals surface area contributed by atoms with Gasteiger partial charge in [0.15, 0.2) is 0 Å². The molecule has 0 unspecified atom stereocenters. The summed E-state index contributed by atoms with van der Waals surface area (Å²) < 4.78 is 5.61. The van der Waals surface area contributed by atoms with E-state index in [1.807, 2.05) is 19.1 Å². The SMILES string of the molecule is CCCC(=O)CCc1cc(Cl)cc2c1OCC2. The van der Waals surface area contributed by atoms with Gasteiger partial charge in [0.05, 0.1) is 6.61 Å². The Hall–Kier alpha value is -1.02. The van der Waals surface area contributed by atoms with Crippen LogP contribution in [-0.2, 0) is 17.6 Å². The molecule has 0 radical (unpaired) electrons. The molecule has 1 aromatic carbocycles. The molecule has 3 heteroatoms. The van der Waals surface area contributed by atoms with Crippen molar-refractivity contribution in [1.29, 1.82) is 0 Å². The average Bonchev–Trinajstić information content (AvgIpc) is 2.74. The normalized spacial score (nSPS) is 13.3. The summed E-state index contributed by atoms with van der Waals surface area (Å²) in [6.07, 6.45) is 3.84. The summed E-state index contributed by atoms with van der Waals surface area (Å²) in [5.74, 6) is 1.28. The minimum absolute atomic E-state index is 0.319. The van der Waals surface area contributed by atoms with Crippen LogP contribution in [0, 0.1) is 0 Å². The van der Waals surface area contributed by atoms with Crippen molar-refractivity contribution >= 4 is 17.4 Å². The number of benzene rings is 1. The maximum absolute atomic E-state index is 11.5. The fourth-order valence-electron chi connectivity index (χ4n) is 2.21. The van der Waals surface area contributed by atoms with E-state index in [1.54, 1.807) is 0 Å². The zero-order valence-corrected chi connectivity index (χ0v) is 10.8. The van der Waals surface area contributed by atoms with Crippen molar-refractivity contribution in [3.05, 3.63) is 28.3 Å². The van der Waals surface area contributed by atoms with Gasteiger partial charge in [0.25, 0.3) is 0 Å². The number of carbonyl (C=O) groups excluding carboxylic acids is 1. The van der Waals surface area contributed by atoms with Gasteiger partial charge < -0.3 is 4.74 Å². The van der Waals surface area contributed by atoms with E-state index < -0.39 is 0 Å². The van der Waals surface area contributed by atoms with Gasteiger partial charge in [-0.05, 0) is 36.1 Å². The standard InChI is InChI=1S/C14H17ClO2/c1-2-3-13(16)5-4-10-8-12(15)9-11-6-7-17-14(10)11/h8-9H,2-7H2,1H3. The first-order valence-electron chi connectivity index (χ1n) is 6.16. The minimum atomic E-state index is 0.319. The lowest BCUT2D eigenvalue weighted by Crippen LogP contribution is -2.00. The largest absolute Gasteiger partial charge is 0.493 e. The molecule has 0 fully saturated rings. The first kappa shape index (κ1) is 12.4. The van der Waals surface area contributed by atoms with Gasteiger partial charge in [0.2, 0.25) is 0 Å². The van der Waals surface area contributed by atoms with E-state index >= 15 is 0 Å². The Bertz CT molecular complexity index is 426. The second kappa shape index (κ2) is 5.54. The highest BCUT2D eigenvalue weighted by molar-refractivity contribution is 6.30. The molecule has 1 aliphatic heterocycles. The molecule has 1 heterocycles. The van der Waals surface area contributed by atoms with Crippen LogP contribution in [0.4, 0.5) is 0 Å². The van der Waals surface area contributed by atoms with E-state index in [0.717, 1.165) is 42.2 Å². The highest BCUT2D eigenvalue weighted by atomic mass is 35.5. The molecule has 92 valence electrons. The third-order valence-corrected chi connectivity index (χ3v) is 3.25. The summed E-state index contributed by atoms with van der Waals surface area (Å²) >= 11 is 6.06. The number of aryl methyl sites for hydroxylation is 1. The lowest BCUT2D eigenvalue weighted by Gasteiger charge is -2.08. The summed E-state index contributed by atoms with van der Waals surface area (Å²) in [6, 6.07) is 3.88. The molecule has 0 atom stereocenters. The van der Waals surface area contributed by atoms with Crippen LogP contribution in [0.3, 0.4) is 0 Å². The zero-order chi connectivity index (χ0) is 12.3. The van der Waals surface area contributed by atoms with Gasteiger partial charge in [-0.1, -0.05) is 18.5 Å². The predicted octanol–water partition coefficient (Wildman–Crippen LogP) is 3.58. The smallest absolute Gasteiger partial charge is 0.133 e. The molecule has 0 aromatic heterocycles. The van der Waals surface area contributed by atoms with E-state index in [1.165, 1.54) is 5.56 Å². The van der Waals surface area contributed by atoms with Crippen LogP contribution in [0.1, 0.15) is 37.3 Å². The molecule has 0 spiro atoms. The maximum Gasteiger partial charge on any atom is 0.133 e. The van der Waals surface area contributed by atoms with Crippen LogP contribution in [-0.4, -0.2) is 12.4 Å². The molecule has 0 N–H and O–H groups in total. The summed E-state index contributed by atoms with van der Waals surface area (Å²) in [5, 5.41) is 0.743. The van der Waals surface area contributed by atoms with Crippen molar-refractivity contribution in [2.24, 2.45) is 0 Å². The highest BCUT2D eigenvalue weighted by Gasteiger charge is 2.17. The van der Waals surface area contributed by atoms with Gasteiger partial charge >= 0.3 is 0 Å². The summed E-state index contributed by atoms with van der Waals surface area (Å²) in [5.41, 5.74) is 2.25. The minimum Gasteiger partial charge on any atom is -0.493 e. The van der Waals surface area contributed by atoms with E-state index in [2.05, 4.69) is 0 Å². The number of halogens is 1. The molecule has 0 aliphatic carbocycles. The molecule has 0 bridgehead atoms. The monoisotopic (exact) mass is 252 g/mol. The fraction of sp³-hybridized carbons (Fsp3) is 0.500. The number of rotatable bonds is 5. The van der Waals surface area contributed by atoms with E-state index in [-0.39, 0.29) is 0 Å². The molecule has 0 amide bonds. The Balaban J connectivity index is 2.08. The maximum atomic E-state index is 11.5. The third-order valence-electron chi connectivity index (χ3n) is 3.03. The third kappa shape index (κ3) is 3.01. The number of Topliss-reactive ketones (excluding diaryl/α,β-unsaturated/α-hetero) is 1. The number of ether oxygens (including phenoxy) is 1. The molecule has 17 heavy (non-hydrogen) atoms.